The third-order valence-corrected chi connectivity index (χ3v) is 5.74. The van der Waals surface area contributed by atoms with E-state index in [0.29, 0.717) is 5.25 Å². The van der Waals surface area contributed by atoms with Crippen molar-refractivity contribution >= 4 is 17.7 Å². The van der Waals surface area contributed by atoms with Crippen LogP contribution >= 0.6 is 11.8 Å². The smallest absolute Gasteiger partial charge is 0.237 e. The molecule has 3 nitrogen and oxygen atoms in total. The monoisotopic (exact) mass is 306 g/mol. The van der Waals surface area contributed by atoms with Gasteiger partial charge in [-0.1, -0.05) is 13.0 Å². The van der Waals surface area contributed by atoms with E-state index in [1.807, 2.05) is 18.7 Å². The van der Waals surface area contributed by atoms with E-state index in [0.717, 1.165) is 32.2 Å². The summed E-state index contributed by atoms with van der Waals surface area (Å²) in [5.74, 6) is -0.199. The van der Waals surface area contributed by atoms with Gasteiger partial charge in [-0.2, -0.15) is 0 Å². The van der Waals surface area contributed by atoms with Gasteiger partial charge in [0, 0.05) is 10.1 Å². The summed E-state index contributed by atoms with van der Waals surface area (Å²) in [4.78, 5) is 13.2. The molecule has 1 fully saturated rings. The maximum atomic E-state index is 11.9. The number of nitrogens with one attached hydrogen (secondary N) is 1. The molecule has 0 spiro atoms. The van der Waals surface area contributed by atoms with Gasteiger partial charge in [0.25, 0.3) is 0 Å². The second-order valence-corrected chi connectivity index (χ2v) is 7.43. The lowest BCUT2D eigenvalue weighted by atomic mass is 9.80. The van der Waals surface area contributed by atoms with E-state index < -0.39 is 5.54 Å². The molecule has 1 aliphatic carbocycles. The molecule has 4 heteroatoms. The molecule has 2 atom stereocenters. The van der Waals surface area contributed by atoms with Crippen LogP contribution in [0.5, 0.6) is 0 Å². The van der Waals surface area contributed by atoms with Crippen LogP contribution in [0.3, 0.4) is 0 Å². The van der Waals surface area contributed by atoms with E-state index in [1.54, 1.807) is 0 Å². The molecular weight excluding hydrogens is 280 g/mol. The van der Waals surface area contributed by atoms with Crippen LogP contribution in [0.4, 0.5) is 0 Å². The van der Waals surface area contributed by atoms with Crippen molar-refractivity contribution in [2.75, 3.05) is 6.54 Å². The molecule has 0 bridgehead atoms. The van der Waals surface area contributed by atoms with Crippen LogP contribution in [0.15, 0.2) is 23.1 Å². The zero-order valence-corrected chi connectivity index (χ0v) is 14.1. The zero-order valence-electron chi connectivity index (χ0n) is 13.2. The SMILES string of the molecule is CCNC1(C(N)=O)CCCC(Sc2ccc(C)c(C)c2)C1. The average molecular weight is 306 g/mol. The number of aryl methyl sites for hydroxylation is 2. The lowest BCUT2D eigenvalue weighted by molar-refractivity contribution is -0.125. The summed E-state index contributed by atoms with van der Waals surface area (Å²) < 4.78 is 0. The minimum atomic E-state index is -0.510. The highest BCUT2D eigenvalue weighted by Gasteiger charge is 2.40. The van der Waals surface area contributed by atoms with Gasteiger partial charge in [0.15, 0.2) is 0 Å². The highest BCUT2D eigenvalue weighted by atomic mass is 32.2. The topological polar surface area (TPSA) is 55.1 Å². The average Bonchev–Trinajstić information content (AvgIpc) is 2.43. The molecule has 0 saturated heterocycles. The number of primary amides is 1. The van der Waals surface area contributed by atoms with Gasteiger partial charge in [-0.25, -0.2) is 0 Å². The molecule has 1 amide bonds. The van der Waals surface area contributed by atoms with Gasteiger partial charge in [-0.3, -0.25) is 4.79 Å². The Morgan fingerprint density at radius 1 is 1.43 bits per heavy atom. The molecule has 2 rings (SSSR count). The number of hydrogen-bond donors (Lipinski definition) is 2. The Kier molecular flexibility index (Phi) is 5.33. The van der Waals surface area contributed by atoms with Crippen molar-refractivity contribution in [3.05, 3.63) is 29.3 Å². The number of thioether (sulfide) groups is 1. The van der Waals surface area contributed by atoms with Crippen molar-refractivity contribution < 1.29 is 4.79 Å². The Hall–Kier alpha value is -1.00. The minimum absolute atomic E-state index is 0.199. The maximum absolute atomic E-state index is 11.9. The van der Waals surface area contributed by atoms with Gasteiger partial charge < -0.3 is 11.1 Å². The third kappa shape index (κ3) is 3.80. The van der Waals surface area contributed by atoms with Gasteiger partial charge in [0.2, 0.25) is 5.91 Å². The van der Waals surface area contributed by atoms with E-state index in [2.05, 4.69) is 37.4 Å². The predicted octanol–water partition coefficient (Wildman–Crippen LogP) is 3.17. The first-order valence-corrected chi connectivity index (χ1v) is 8.63. The van der Waals surface area contributed by atoms with Gasteiger partial charge >= 0.3 is 0 Å². The zero-order chi connectivity index (χ0) is 15.5. The molecule has 116 valence electrons. The van der Waals surface area contributed by atoms with Crippen LogP contribution < -0.4 is 11.1 Å². The number of rotatable bonds is 5. The van der Waals surface area contributed by atoms with Crippen molar-refractivity contribution in [3.63, 3.8) is 0 Å². The lowest BCUT2D eigenvalue weighted by Gasteiger charge is -2.39. The Balaban J connectivity index is 2.09. The van der Waals surface area contributed by atoms with E-state index in [1.165, 1.54) is 16.0 Å². The molecule has 1 aromatic rings. The second kappa shape index (κ2) is 6.84. The Labute approximate surface area is 132 Å². The van der Waals surface area contributed by atoms with E-state index in [4.69, 9.17) is 5.73 Å². The van der Waals surface area contributed by atoms with E-state index >= 15 is 0 Å². The van der Waals surface area contributed by atoms with E-state index in [-0.39, 0.29) is 5.91 Å². The number of amides is 1. The van der Waals surface area contributed by atoms with Crippen molar-refractivity contribution in [2.45, 2.75) is 62.1 Å². The lowest BCUT2D eigenvalue weighted by Crippen LogP contribution is -2.58. The van der Waals surface area contributed by atoms with Crippen molar-refractivity contribution in [1.29, 1.82) is 0 Å². The molecule has 1 aliphatic rings. The first-order chi connectivity index (χ1) is 9.97. The summed E-state index contributed by atoms with van der Waals surface area (Å²) in [6.45, 7) is 7.09. The van der Waals surface area contributed by atoms with Crippen LogP contribution in [0.25, 0.3) is 0 Å². The molecular formula is C17H26N2OS. The van der Waals surface area contributed by atoms with Crippen LogP contribution in [-0.2, 0) is 4.79 Å². The highest BCUT2D eigenvalue weighted by Crippen LogP contribution is 2.38. The first-order valence-electron chi connectivity index (χ1n) is 7.75. The molecule has 21 heavy (non-hydrogen) atoms. The Morgan fingerprint density at radius 3 is 2.81 bits per heavy atom. The van der Waals surface area contributed by atoms with Crippen LogP contribution in [0, 0.1) is 13.8 Å². The fourth-order valence-corrected chi connectivity index (χ4v) is 4.54. The van der Waals surface area contributed by atoms with Gasteiger partial charge in [0.1, 0.15) is 0 Å². The number of benzene rings is 1. The molecule has 0 aromatic heterocycles. The summed E-state index contributed by atoms with van der Waals surface area (Å²) in [5.41, 5.74) is 7.81. The fourth-order valence-electron chi connectivity index (χ4n) is 3.11. The molecule has 2 unspecified atom stereocenters. The summed E-state index contributed by atoms with van der Waals surface area (Å²) in [5, 5.41) is 3.80. The molecule has 0 aliphatic heterocycles. The largest absolute Gasteiger partial charge is 0.368 e. The van der Waals surface area contributed by atoms with Gasteiger partial charge in [-0.05, 0) is 69.3 Å². The normalized spacial score (nSPS) is 25.8. The number of hydrogen-bond acceptors (Lipinski definition) is 3. The summed E-state index contributed by atoms with van der Waals surface area (Å²) in [6.07, 6.45) is 3.89. The van der Waals surface area contributed by atoms with Crippen molar-refractivity contribution in [3.8, 4) is 0 Å². The summed E-state index contributed by atoms with van der Waals surface area (Å²) >= 11 is 1.89. The maximum Gasteiger partial charge on any atom is 0.237 e. The van der Waals surface area contributed by atoms with Gasteiger partial charge in [0.05, 0.1) is 5.54 Å². The Bertz CT molecular complexity index is 514. The van der Waals surface area contributed by atoms with Crippen molar-refractivity contribution in [1.82, 2.24) is 5.32 Å². The van der Waals surface area contributed by atoms with Crippen molar-refractivity contribution in [2.24, 2.45) is 5.73 Å². The second-order valence-electron chi connectivity index (χ2n) is 6.06. The molecule has 0 heterocycles. The summed E-state index contributed by atoms with van der Waals surface area (Å²) in [6, 6.07) is 6.60. The number of likely N-dealkylation sites (N-methyl/N-ethyl adjacent to an activating group) is 1. The first kappa shape index (κ1) is 16.4. The summed E-state index contributed by atoms with van der Waals surface area (Å²) in [7, 11) is 0. The standard InChI is InChI=1S/C17H26N2OS/c1-4-19-17(16(18)20)9-5-6-15(11-17)21-14-8-7-12(2)13(3)10-14/h7-8,10,15,19H,4-6,9,11H2,1-3H3,(H2,18,20). The predicted molar refractivity (Wildman–Crippen MR) is 89.6 cm³/mol. The van der Waals surface area contributed by atoms with Crippen LogP contribution in [0.2, 0.25) is 0 Å². The van der Waals surface area contributed by atoms with E-state index in [9.17, 15) is 4.79 Å². The molecule has 3 N–H and O–H groups in total. The van der Waals surface area contributed by atoms with Crippen LogP contribution in [0.1, 0.15) is 43.7 Å². The van der Waals surface area contributed by atoms with Crippen LogP contribution in [-0.4, -0.2) is 23.2 Å². The molecule has 1 saturated carbocycles. The van der Waals surface area contributed by atoms with Gasteiger partial charge in [-0.15, -0.1) is 11.8 Å². The number of nitrogens with two attached hydrogens (primary N) is 1. The molecule has 1 aromatic carbocycles. The quantitative estimate of drug-likeness (QED) is 0.878. The molecule has 0 radical (unpaired) electrons. The highest BCUT2D eigenvalue weighted by molar-refractivity contribution is 8.00. The third-order valence-electron chi connectivity index (χ3n) is 4.47. The fraction of sp³-hybridized carbons (Fsp3) is 0.588. The number of carbonyl (C=O) groups excluding carboxylic acids is 1. The minimum Gasteiger partial charge on any atom is -0.368 e. The Morgan fingerprint density at radius 2 is 2.19 bits per heavy atom. The number of carbonyl (C=O) groups is 1.